The van der Waals surface area contributed by atoms with Crippen LogP contribution in [0, 0.1) is 13.8 Å². The second kappa shape index (κ2) is 8.53. The first-order valence-electron chi connectivity index (χ1n) is 11.0. The van der Waals surface area contributed by atoms with Crippen molar-refractivity contribution in [1.82, 2.24) is 24.3 Å². The maximum Gasteiger partial charge on any atom is 0.263 e. The summed E-state index contributed by atoms with van der Waals surface area (Å²) in [5.74, 6) is -0.378. The molecule has 0 aliphatic rings. The first-order chi connectivity index (χ1) is 16.8. The zero-order valence-electron chi connectivity index (χ0n) is 19.3. The van der Waals surface area contributed by atoms with Crippen molar-refractivity contribution in [2.75, 3.05) is 5.73 Å². The predicted octanol–water partition coefficient (Wildman–Crippen LogP) is 2.88. The highest BCUT2D eigenvalue weighted by Crippen LogP contribution is 2.25. The number of aryl methyl sites for hydroxylation is 2. The fourth-order valence-electron chi connectivity index (χ4n) is 4.38. The number of hydrogen-bond donors (Lipinski definition) is 2. The number of carbonyl (C=O) groups excluding carboxylic acids is 1. The van der Waals surface area contributed by atoms with Gasteiger partial charge in [0.2, 0.25) is 5.91 Å². The number of nitrogen functional groups attached to an aromatic ring is 1. The molecule has 174 valence electrons. The molecule has 9 nitrogen and oxygen atoms in total. The summed E-state index contributed by atoms with van der Waals surface area (Å²) in [4.78, 5) is 33.6. The first-order valence-corrected chi connectivity index (χ1v) is 11.0. The molecule has 0 aliphatic carbocycles. The lowest BCUT2D eigenvalue weighted by molar-refractivity contribution is -0.113. The van der Waals surface area contributed by atoms with Crippen LogP contribution in [0.4, 0.5) is 5.82 Å². The lowest BCUT2D eigenvalue weighted by atomic mass is 10.1. The maximum absolute atomic E-state index is 13.8. The van der Waals surface area contributed by atoms with Crippen LogP contribution in [0.25, 0.3) is 33.6 Å². The van der Waals surface area contributed by atoms with Gasteiger partial charge in [0.15, 0.2) is 5.65 Å². The van der Waals surface area contributed by atoms with Gasteiger partial charge < -0.3 is 11.5 Å². The molecule has 4 N–H and O–H groups in total. The number of carbonyl (C=O) groups is 1. The Labute approximate surface area is 200 Å². The Bertz CT molecular complexity index is 1710. The summed E-state index contributed by atoms with van der Waals surface area (Å²) in [6.45, 7) is 4.13. The van der Waals surface area contributed by atoms with E-state index in [2.05, 4.69) is 15.1 Å². The topological polar surface area (TPSA) is 135 Å². The third-order valence-electron chi connectivity index (χ3n) is 5.99. The van der Waals surface area contributed by atoms with Crippen molar-refractivity contribution in [2.24, 2.45) is 5.73 Å². The predicted molar refractivity (Wildman–Crippen MR) is 136 cm³/mol. The van der Waals surface area contributed by atoms with E-state index in [1.807, 2.05) is 62.4 Å². The standard InChI is InChI=1S/C26H23N7O2/c1-15-6-3-4-9-20(15)33-18(12-17-8-5-7-16(2)22(17)26(33)35)13-32-25-23(24(28)29-14-30-25)19(31-32)10-11-21(27)34/h3-12,14H,13H2,1-2H3,(H2,27,34)(H2,28,29,30)/b11-10+. The summed E-state index contributed by atoms with van der Waals surface area (Å²) in [5, 5.41) is 6.64. The third kappa shape index (κ3) is 3.82. The molecule has 0 spiro atoms. The molecular weight excluding hydrogens is 442 g/mol. The van der Waals surface area contributed by atoms with Gasteiger partial charge in [-0.1, -0.05) is 36.4 Å². The van der Waals surface area contributed by atoms with E-state index in [1.54, 1.807) is 9.25 Å². The van der Waals surface area contributed by atoms with Gasteiger partial charge in [0, 0.05) is 11.8 Å². The van der Waals surface area contributed by atoms with Crippen LogP contribution in [0.3, 0.4) is 0 Å². The summed E-state index contributed by atoms with van der Waals surface area (Å²) < 4.78 is 3.38. The molecule has 3 aromatic heterocycles. The molecule has 0 atom stereocenters. The molecule has 0 fully saturated rings. The van der Waals surface area contributed by atoms with Crippen molar-refractivity contribution in [2.45, 2.75) is 20.4 Å². The van der Waals surface area contributed by atoms with Gasteiger partial charge in [-0.2, -0.15) is 5.10 Å². The van der Waals surface area contributed by atoms with Gasteiger partial charge in [0.1, 0.15) is 12.1 Å². The van der Waals surface area contributed by atoms with Crippen LogP contribution in [0.15, 0.2) is 65.7 Å². The van der Waals surface area contributed by atoms with E-state index in [0.29, 0.717) is 22.1 Å². The Morgan fingerprint density at radius 2 is 1.80 bits per heavy atom. The normalized spacial score (nSPS) is 11.6. The number of pyridine rings is 1. The van der Waals surface area contributed by atoms with Gasteiger partial charge in [-0.3, -0.25) is 14.2 Å². The molecule has 1 amide bonds. The second-order valence-electron chi connectivity index (χ2n) is 8.34. The van der Waals surface area contributed by atoms with Crippen LogP contribution in [-0.2, 0) is 11.3 Å². The number of aromatic nitrogens is 5. The Morgan fingerprint density at radius 3 is 2.57 bits per heavy atom. The Hall–Kier alpha value is -4.79. The number of hydrogen-bond acceptors (Lipinski definition) is 6. The van der Waals surface area contributed by atoms with E-state index in [-0.39, 0.29) is 17.9 Å². The monoisotopic (exact) mass is 465 g/mol. The molecule has 0 saturated heterocycles. The van der Waals surface area contributed by atoms with E-state index in [9.17, 15) is 9.59 Å². The molecule has 5 aromatic rings. The summed E-state index contributed by atoms with van der Waals surface area (Å²) in [7, 11) is 0. The van der Waals surface area contributed by atoms with Crippen molar-refractivity contribution in [3.05, 3.63) is 93.8 Å². The van der Waals surface area contributed by atoms with E-state index >= 15 is 0 Å². The zero-order valence-corrected chi connectivity index (χ0v) is 19.3. The van der Waals surface area contributed by atoms with Crippen LogP contribution in [0.2, 0.25) is 0 Å². The molecule has 35 heavy (non-hydrogen) atoms. The van der Waals surface area contributed by atoms with E-state index in [0.717, 1.165) is 27.9 Å². The van der Waals surface area contributed by atoms with Gasteiger partial charge in [0.25, 0.3) is 5.56 Å². The number of para-hydroxylation sites is 1. The highest BCUT2D eigenvalue weighted by molar-refractivity contribution is 5.97. The number of nitrogens with two attached hydrogens (primary N) is 2. The zero-order chi connectivity index (χ0) is 24.7. The minimum atomic E-state index is -0.610. The van der Waals surface area contributed by atoms with Crippen molar-refractivity contribution >= 4 is 39.6 Å². The second-order valence-corrected chi connectivity index (χ2v) is 8.34. The third-order valence-corrected chi connectivity index (χ3v) is 5.99. The molecule has 9 heteroatoms. The summed E-state index contributed by atoms with van der Waals surface area (Å²) in [6.07, 6.45) is 4.05. The van der Waals surface area contributed by atoms with Gasteiger partial charge in [-0.15, -0.1) is 0 Å². The molecule has 5 rings (SSSR count). The van der Waals surface area contributed by atoms with Crippen LogP contribution in [-0.4, -0.2) is 30.2 Å². The molecule has 0 radical (unpaired) electrons. The summed E-state index contributed by atoms with van der Waals surface area (Å²) >= 11 is 0. The van der Waals surface area contributed by atoms with Crippen molar-refractivity contribution < 1.29 is 4.79 Å². The van der Waals surface area contributed by atoms with E-state index in [4.69, 9.17) is 11.5 Å². The lowest BCUT2D eigenvalue weighted by Crippen LogP contribution is -2.25. The Kier molecular flexibility index (Phi) is 5.37. The first kappa shape index (κ1) is 22.0. The number of rotatable bonds is 5. The molecule has 3 heterocycles. The highest BCUT2D eigenvalue weighted by Gasteiger charge is 2.18. The lowest BCUT2D eigenvalue weighted by Gasteiger charge is -2.17. The molecule has 0 aliphatic heterocycles. The van der Waals surface area contributed by atoms with Crippen LogP contribution >= 0.6 is 0 Å². The Morgan fingerprint density at radius 1 is 1.03 bits per heavy atom. The average Bonchev–Trinajstić information content (AvgIpc) is 3.17. The number of primary amides is 1. The number of nitrogens with zero attached hydrogens (tertiary/aromatic N) is 5. The minimum absolute atomic E-state index is 0.107. The van der Waals surface area contributed by atoms with Gasteiger partial charge in [-0.05, 0) is 48.6 Å². The SMILES string of the molecule is Cc1ccccc1-n1c(Cn2nc(/C=C/C(N)=O)c3c(N)ncnc32)cc2cccc(C)c2c1=O. The molecular formula is C26H23N7O2. The number of fused-ring (bicyclic) bond motifs is 2. The largest absolute Gasteiger partial charge is 0.383 e. The number of anilines is 1. The van der Waals surface area contributed by atoms with Crippen molar-refractivity contribution in [1.29, 1.82) is 0 Å². The van der Waals surface area contributed by atoms with Crippen LogP contribution in [0.1, 0.15) is 22.5 Å². The van der Waals surface area contributed by atoms with Crippen LogP contribution in [0.5, 0.6) is 0 Å². The fraction of sp³-hybridized carbons (Fsp3) is 0.115. The number of amides is 1. The van der Waals surface area contributed by atoms with E-state index in [1.165, 1.54) is 18.5 Å². The quantitative estimate of drug-likeness (QED) is 0.383. The number of benzene rings is 2. The van der Waals surface area contributed by atoms with Gasteiger partial charge in [0.05, 0.1) is 28.7 Å². The molecule has 2 aromatic carbocycles. The molecule has 0 unspecified atom stereocenters. The highest BCUT2D eigenvalue weighted by atomic mass is 16.1. The molecule has 0 bridgehead atoms. The Balaban J connectivity index is 1.78. The maximum atomic E-state index is 13.8. The van der Waals surface area contributed by atoms with Crippen molar-refractivity contribution in [3.63, 3.8) is 0 Å². The fourth-order valence-corrected chi connectivity index (χ4v) is 4.38. The van der Waals surface area contributed by atoms with Gasteiger partial charge in [-0.25, -0.2) is 14.6 Å². The average molecular weight is 466 g/mol. The van der Waals surface area contributed by atoms with Crippen LogP contribution < -0.4 is 17.0 Å². The summed E-state index contributed by atoms with van der Waals surface area (Å²) in [6, 6.07) is 15.5. The molecule has 0 saturated carbocycles. The van der Waals surface area contributed by atoms with Gasteiger partial charge >= 0.3 is 0 Å². The minimum Gasteiger partial charge on any atom is -0.383 e. The smallest absolute Gasteiger partial charge is 0.263 e. The van der Waals surface area contributed by atoms with Crippen molar-refractivity contribution in [3.8, 4) is 5.69 Å². The van der Waals surface area contributed by atoms with E-state index < -0.39 is 5.91 Å². The summed E-state index contributed by atoms with van der Waals surface area (Å²) in [5.41, 5.74) is 15.6.